The van der Waals surface area contributed by atoms with Gasteiger partial charge in [-0.1, -0.05) is 41.9 Å². The topological polar surface area (TPSA) is 50.7 Å². The van der Waals surface area contributed by atoms with Crippen molar-refractivity contribution in [2.45, 2.75) is 13.8 Å². The maximum Gasteiger partial charge on any atom is 0.277 e. The van der Waals surface area contributed by atoms with Crippen LogP contribution >= 0.6 is 11.6 Å². The van der Waals surface area contributed by atoms with Gasteiger partial charge in [0.2, 0.25) is 0 Å². The number of hydrogen-bond acceptors (Lipinski definition) is 3. The molecule has 0 fully saturated rings. The van der Waals surface area contributed by atoms with Crippen molar-refractivity contribution in [3.05, 3.63) is 64.7 Å². The Labute approximate surface area is 134 Å². The van der Waals surface area contributed by atoms with E-state index >= 15 is 0 Å². The fraction of sp³-hybridized carbons (Fsp3) is 0.176. The first kappa shape index (κ1) is 16.0. The first-order valence-electron chi connectivity index (χ1n) is 6.84. The van der Waals surface area contributed by atoms with E-state index in [0.29, 0.717) is 10.8 Å². The molecule has 114 valence electrons. The van der Waals surface area contributed by atoms with Gasteiger partial charge < -0.3 is 4.74 Å². The molecular weight excluding hydrogens is 300 g/mol. The molecule has 2 aromatic rings. The molecule has 5 heteroatoms. The summed E-state index contributed by atoms with van der Waals surface area (Å²) >= 11 is 5.93. The second-order valence-corrected chi connectivity index (χ2v) is 5.21. The quantitative estimate of drug-likeness (QED) is 0.677. The van der Waals surface area contributed by atoms with Gasteiger partial charge in [-0.2, -0.15) is 5.10 Å². The van der Waals surface area contributed by atoms with Crippen molar-refractivity contribution in [1.82, 2.24) is 5.43 Å². The fourth-order valence-corrected chi connectivity index (χ4v) is 1.90. The Kier molecular flexibility index (Phi) is 5.55. The lowest BCUT2D eigenvalue weighted by Crippen LogP contribution is -2.25. The molecule has 22 heavy (non-hydrogen) atoms. The molecule has 0 radical (unpaired) electrons. The number of benzene rings is 2. The SMILES string of the molecule is C/C(=N/NC(=O)COc1ccc(Cl)c(C)c1)c1ccccc1. The van der Waals surface area contributed by atoms with Crippen molar-refractivity contribution in [3.63, 3.8) is 0 Å². The Balaban J connectivity index is 1.86. The molecule has 2 rings (SSSR count). The second kappa shape index (κ2) is 7.61. The standard InChI is InChI=1S/C17H17ClN2O2/c1-12-10-15(8-9-16(12)18)22-11-17(21)20-19-13(2)14-6-4-3-5-7-14/h3-10H,11H2,1-2H3,(H,20,21)/b19-13-. The van der Waals surface area contributed by atoms with Crippen LogP contribution in [0, 0.1) is 6.92 Å². The van der Waals surface area contributed by atoms with E-state index in [1.807, 2.05) is 44.2 Å². The molecule has 0 aliphatic heterocycles. The first-order valence-corrected chi connectivity index (χ1v) is 7.21. The van der Waals surface area contributed by atoms with Crippen LogP contribution < -0.4 is 10.2 Å². The van der Waals surface area contributed by atoms with Gasteiger partial charge in [0.15, 0.2) is 6.61 Å². The fourth-order valence-electron chi connectivity index (χ4n) is 1.78. The molecule has 1 N–H and O–H groups in total. The van der Waals surface area contributed by atoms with Crippen LogP contribution in [-0.2, 0) is 4.79 Å². The Morgan fingerprint density at radius 2 is 1.95 bits per heavy atom. The van der Waals surface area contributed by atoms with Crippen molar-refractivity contribution < 1.29 is 9.53 Å². The molecule has 0 atom stereocenters. The summed E-state index contributed by atoms with van der Waals surface area (Å²) in [7, 11) is 0. The van der Waals surface area contributed by atoms with Crippen LogP contribution in [0.2, 0.25) is 5.02 Å². The summed E-state index contributed by atoms with van der Waals surface area (Å²) in [5.41, 5.74) is 5.06. The van der Waals surface area contributed by atoms with E-state index in [1.165, 1.54) is 0 Å². The van der Waals surface area contributed by atoms with E-state index < -0.39 is 0 Å². The van der Waals surface area contributed by atoms with E-state index in [9.17, 15) is 4.79 Å². The van der Waals surface area contributed by atoms with Crippen LogP contribution in [0.4, 0.5) is 0 Å². The highest BCUT2D eigenvalue weighted by atomic mass is 35.5. The number of carbonyl (C=O) groups is 1. The maximum absolute atomic E-state index is 11.7. The Morgan fingerprint density at radius 1 is 1.23 bits per heavy atom. The molecule has 0 aromatic heterocycles. The van der Waals surface area contributed by atoms with Crippen LogP contribution in [0.25, 0.3) is 0 Å². The number of hydrogen-bond donors (Lipinski definition) is 1. The van der Waals surface area contributed by atoms with Gasteiger partial charge in [-0.3, -0.25) is 4.79 Å². The van der Waals surface area contributed by atoms with E-state index in [4.69, 9.17) is 16.3 Å². The molecule has 0 spiro atoms. The lowest BCUT2D eigenvalue weighted by atomic mass is 10.1. The van der Waals surface area contributed by atoms with Gasteiger partial charge >= 0.3 is 0 Å². The first-order chi connectivity index (χ1) is 10.6. The molecule has 4 nitrogen and oxygen atoms in total. The van der Waals surface area contributed by atoms with E-state index in [-0.39, 0.29) is 12.5 Å². The minimum Gasteiger partial charge on any atom is -0.484 e. The predicted octanol–water partition coefficient (Wildman–Crippen LogP) is 3.57. The minimum atomic E-state index is -0.317. The number of ether oxygens (including phenoxy) is 1. The summed E-state index contributed by atoms with van der Waals surface area (Å²) in [6.45, 7) is 3.61. The molecule has 1 amide bonds. The summed E-state index contributed by atoms with van der Waals surface area (Å²) in [6, 6.07) is 14.9. The van der Waals surface area contributed by atoms with Crippen molar-refractivity contribution in [1.29, 1.82) is 0 Å². The van der Waals surface area contributed by atoms with Gasteiger partial charge in [-0.15, -0.1) is 0 Å². The summed E-state index contributed by atoms with van der Waals surface area (Å²) in [5.74, 6) is 0.281. The maximum atomic E-state index is 11.7. The highest BCUT2D eigenvalue weighted by molar-refractivity contribution is 6.31. The number of hydrazone groups is 1. The molecule has 0 aliphatic carbocycles. The van der Waals surface area contributed by atoms with Gasteiger partial charge in [0, 0.05) is 5.02 Å². The van der Waals surface area contributed by atoms with Gasteiger partial charge in [-0.25, -0.2) is 5.43 Å². The summed E-state index contributed by atoms with van der Waals surface area (Å²) < 4.78 is 5.40. The third-order valence-corrected chi connectivity index (χ3v) is 3.46. The molecule has 0 saturated carbocycles. The third-order valence-electron chi connectivity index (χ3n) is 3.04. The van der Waals surface area contributed by atoms with Crippen LogP contribution in [0.3, 0.4) is 0 Å². The lowest BCUT2D eigenvalue weighted by Gasteiger charge is -2.07. The number of nitrogens with zero attached hydrogens (tertiary/aromatic N) is 1. The molecule has 0 heterocycles. The lowest BCUT2D eigenvalue weighted by molar-refractivity contribution is -0.123. The van der Waals surface area contributed by atoms with Gasteiger partial charge in [0.1, 0.15) is 5.75 Å². The van der Waals surface area contributed by atoms with Crippen LogP contribution in [0.5, 0.6) is 5.75 Å². The molecule has 2 aromatic carbocycles. The minimum absolute atomic E-state index is 0.105. The summed E-state index contributed by atoms with van der Waals surface area (Å²) in [6.07, 6.45) is 0. The summed E-state index contributed by atoms with van der Waals surface area (Å²) in [4.78, 5) is 11.7. The monoisotopic (exact) mass is 316 g/mol. The number of aryl methyl sites for hydroxylation is 1. The Morgan fingerprint density at radius 3 is 2.64 bits per heavy atom. The van der Waals surface area contributed by atoms with E-state index in [0.717, 1.165) is 16.8 Å². The van der Waals surface area contributed by atoms with E-state index in [2.05, 4.69) is 10.5 Å². The van der Waals surface area contributed by atoms with Crippen molar-refractivity contribution in [3.8, 4) is 5.75 Å². The van der Waals surface area contributed by atoms with Crippen LogP contribution in [-0.4, -0.2) is 18.2 Å². The average Bonchev–Trinajstić information content (AvgIpc) is 2.54. The molecular formula is C17H17ClN2O2. The Bertz CT molecular complexity index is 684. The normalized spacial score (nSPS) is 11.1. The zero-order chi connectivity index (χ0) is 15.9. The van der Waals surface area contributed by atoms with Crippen molar-refractivity contribution >= 4 is 23.2 Å². The van der Waals surface area contributed by atoms with Crippen molar-refractivity contribution in [2.24, 2.45) is 5.10 Å². The smallest absolute Gasteiger partial charge is 0.277 e. The number of amides is 1. The molecule has 0 saturated heterocycles. The number of nitrogens with one attached hydrogen (secondary N) is 1. The average molecular weight is 317 g/mol. The van der Waals surface area contributed by atoms with Gasteiger partial charge in [0.25, 0.3) is 5.91 Å². The zero-order valence-corrected chi connectivity index (χ0v) is 13.2. The highest BCUT2D eigenvalue weighted by Gasteiger charge is 2.04. The zero-order valence-electron chi connectivity index (χ0n) is 12.5. The second-order valence-electron chi connectivity index (χ2n) is 4.80. The molecule has 0 aliphatic rings. The molecule has 0 unspecified atom stereocenters. The number of halogens is 1. The largest absolute Gasteiger partial charge is 0.484 e. The van der Waals surface area contributed by atoms with Crippen LogP contribution in [0.1, 0.15) is 18.1 Å². The van der Waals surface area contributed by atoms with Gasteiger partial charge in [-0.05, 0) is 43.2 Å². The third kappa shape index (κ3) is 4.60. The van der Waals surface area contributed by atoms with Crippen molar-refractivity contribution in [2.75, 3.05) is 6.61 Å². The number of rotatable bonds is 5. The highest BCUT2D eigenvalue weighted by Crippen LogP contribution is 2.20. The Hall–Kier alpha value is -2.33. The van der Waals surface area contributed by atoms with Crippen LogP contribution in [0.15, 0.2) is 53.6 Å². The van der Waals surface area contributed by atoms with Gasteiger partial charge in [0.05, 0.1) is 5.71 Å². The number of carbonyl (C=O) groups excluding carboxylic acids is 1. The molecule has 0 bridgehead atoms. The summed E-state index contributed by atoms with van der Waals surface area (Å²) in [5, 5.41) is 4.72. The predicted molar refractivity (Wildman–Crippen MR) is 88.5 cm³/mol. The van der Waals surface area contributed by atoms with E-state index in [1.54, 1.807) is 18.2 Å².